The number of nitrogens with one attached hydrogen (secondary N) is 1. The summed E-state index contributed by atoms with van der Waals surface area (Å²) in [6, 6.07) is 0. The first kappa shape index (κ1) is 15.3. The Bertz CT molecular complexity index is 429. The van der Waals surface area contributed by atoms with Crippen molar-refractivity contribution in [2.75, 3.05) is 26.9 Å². The van der Waals surface area contributed by atoms with Crippen LogP contribution in [0.1, 0.15) is 36.8 Å². The van der Waals surface area contributed by atoms with Gasteiger partial charge in [-0.2, -0.15) is 0 Å². The number of hydrogen-bond acceptors (Lipinski definition) is 4. The smallest absolute Gasteiger partial charge is 0.133 e. The second-order valence-electron chi connectivity index (χ2n) is 4.54. The predicted octanol–water partition coefficient (Wildman–Crippen LogP) is 2.78. The van der Waals surface area contributed by atoms with Gasteiger partial charge in [-0.15, -0.1) is 0 Å². The maximum absolute atomic E-state index is 5.42. The van der Waals surface area contributed by atoms with Gasteiger partial charge in [-0.25, -0.2) is 4.98 Å². The molecule has 5 heteroatoms. The van der Waals surface area contributed by atoms with Crippen LogP contribution in [0.5, 0.6) is 0 Å². The zero-order chi connectivity index (χ0) is 13.5. The van der Waals surface area contributed by atoms with Crippen LogP contribution in [0.3, 0.4) is 0 Å². The molecule has 0 fully saturated rings. The van der Waals surface area contributed by atoms with E-state index in [1.165, 1.54) is 0 Å². The average Bonchev–Trinajstić information content (AvgIpc) is 2.27. The van der Waals surface area contributed by atoms with Crippen LogP contribution in [0.25, 0.3) is 0 Å². The number of methoxy groups -OCH3 is 1. The van der Waals surface area contributed by atoms with E-state index in [2.05, 4.69) is 23.8 Å². The van der Waals surface area contributed by atoms with Crippen LogP contribution in [0.4, 0.5) is 0 Å². The molecule has 0 unspecified atom stereocenters. The van der Waals surface area contributed by atoms with Gasteiger partial charge in [-0.1, -0.05) is 26.1 Å². The van der Waals surface area contributed by atoms with Crippen molar-refractivity contribution in [2.24, 2.45) is 0 Å². The Hall–Kier alpha value is -0.780. The van der Waals surface area contributed by atoms with E-state index in [-0.39, 0.29) is 0 Å². The third-order valence-electron chi connectivity index (χ3n) is 2.70. The highest BCUT2D eigenvalue weighted by atomic mass is 32.1. The van der Waals surface area contributed by atoms with Crippen molar-refractivity contribution in [1.82, 2.24) is 9.97 Å². The lowest BCUT2D eigenvalue weighted by atomic mass is 10.0. The summed E-state index contributed by atoms with van der Waals surface area (Å²) in [5.41, 5.74) is 2.24. The first-order chi connectivity index (χ1) is 8.56. The summed E-state index contributed by atoms with van der Waals surface area (Å²) in [7, 11) is 1.66. The van der Waals surface area contributed by atoms with Crippen LogP contribution in [0.2, 0.25) is 0 Å². The molecule has 0 bridgehead atoms. The first-order valence-corrected chi connectivity index (χ1v) is 6.63. The summed E-state index contributed by atoms with van der Waals surface area (Å²) in [5, 5.41) is 0. The number of rotatable bonds is 7. The van der Waals surface area contributed by atoms with Crippen LogP contribution in [0, 0.1) is 11.6 Å². The second kappa shape index (κ2) is 7.61. The van der Waals surface area contributed by atoms with Gasteiger partial charge in [0.15, 0.2) is 0 Å². The fourth-order valence-corrected chi connectivity index (χ4v) is 2.37. The molecular weight excluding hydrogens is 248 g/mol. The standard InChI is InChI=1S/C13H22N2O2S/c1-9(2)12-10(3)14-11(15-13(12)18)5-6-17-8-7-16-4/h9H,5-8H2,1-4H3,(H,14,15,18). The third kappa shape index (κ3) is 4.48. The molecule has 0 aliphatic heterocycles. The Morgan fingerprint density at radius 3 is 2.56 bits per heavy atom. The van der Waals surface area contributed by atoms with E-state index in [1.807, 2.05) is 6.92 Å². The normalized spacial score (nSPS) is 11.2. The van der Waals surface area contributed by atoms with E-state index in [0.29, 0.717) is 30.4 Å². The third-order valence-corrected chi connectivity index (χ3v) is 3.01. The number of aryl methyl sites for hydroxylation is 1. The SMILES string of the molecule is COCCOCCc1nc(=S)c(C(C)C)c(C)[nH]1. The minimum absolute atomic E-state index is 0.397. The van der Waals surface area contributed by atoms with Crippen LogP contribution in [-0.2, 0) is 15.9 Å². The van der Waals surface area contributed by atoms with Gasteiger partial charge in [0.2, 0.25) is 0 Å². The summed E-state index contributed by atoms with van der Waals surface area (Å²) in [4.78, 5) is 7.72. The highest BCUT2D eigenvalue weighted by molar-refractivity contribution is 7.71. The fraction of sp³-hybridized carbons (Fsp3) is 0.692. The topological polar surface area (TPSA) is 47.1 Å². The van der Waals surface area contributed by atoms with Gasteiger partial charge in [0.05, 0.1) is 19.8 Å². The van der Waals surface area contributed by atoms with Crippen molar-refractivity contribution in [3.8, 4) is 0 Å². The molecule has 0 aliphatic rings. The van der Waals surface area contributed by atoms with Gasteiger partial charge in [-0.05, 0) is 12.8 Å². The highest BCUT2D eigenvalue weighted by Crippen LogP contribution is 2.18. The second-order valence-corrected chi connectivity index (χ2v) is 4.92. The molecule has 0 aromatic carbocycles. The number of ether oxygens (including phenoxy) is 2. The molecule has 1 rings (SSSR count). The Kier molecular flexibility index (Phi) is 6.46. The molecule has 1 N–H and O–H groups in total. The molecule has 0 atom stereocenters. The monoisotopic (exact) mass is 270 g/mol. The van der Waals surface area contributed by atoms with E-state index in [1.54, 1.807) is 7.11 Å². The van der Waals surface area contributed by atoms with Gasteiger partial charge in [0, 0.05) is 24.8 Å². The van der Waals surface area contributed by atoms with Crippen LogP contribution >= 0.6 is 12.2 Å². The minimum Gasteiger partial charge on any atom is -0.382 e. The van der Waals surface area contributed by atoms with Crippen molar-refractivity contribution >= 4 is 12.2 Å². The van der Waals surface area contributed by atoms with Crippen molar-refractivity contribution in [1.29, 1.82) is 0 Å². The molecule has 0 radical (unpaired) electrons. The largest absolute Gasteiger partial charge is 0.382 e. The van der Waals surface area contributed by atoms with Crippen molar-refractivity contribution < 1.29 is 9.47 Å². The fourth-order valence-electron chi connectivity index (χ4n) is 1.87. The highest BCUT2D eigenvalue weighted by Gasteiger charge is 2.08. The predicted molar refractivity (Wildman–Crippen MR) is 74.6 cm³/mol. The Labute approximate surface area is 114 Å². The van der Waals surface area contributed by atoms with E-state index < -0.39 is 0 Å². The van der Waals surface area contributed by atoms with Gasteiger partial charge in [-0.3, -0.25) is 0 Å². The van der Waals surface area contributed by atoms with Crippen LogP contribution in [-0.4, -0.2) is 36.9 Å². The number of hydrogen-bond donors (Lipinski definition) is 1. The molecular formula is C13H22N2O2S. The summed E-state index contributed by atoms with van der Waals surface area (Å²) >= 11 is 5.33. The average molecular weight is 270 g/mol. The maximum Gasteiger partial charge on any atom is 0.133 e. The van der Waals surface area contributed by atoms with Gasteiger partial charge >= 0.3 is 0 Å². The van der Waals surface area contributed by atoms with E-state index >= 15 is 0 Å². The first-order valence-electron chi connectivity index (χ1n) is 6.22. The summed E-state index contributed by atoms with van der Waals surface area (Å²) in [5.74, 6) is 1.28. The molecule has 1 aromatic heterocycles. The molecule has 1 aromatic rings. The zero-order valence-electron chi connectivity index (χ0n) is 11.6. The summed E-state index contributed by atoms with van der Waals surface area (Å²) in [6.07, 6.45) is 0.743. The molecule has 0 spiro atoms. The van der Waals surface area contributed by atoms with E-state index in [0.717, 1.165) is 23.5 Å². The molecule has 18 heavy (non-hydrogen) atoms. The number of aromatic amines is 1. The van der Waals surface area contributed by atoms with Crippen molar-refractivity contribution in [3.63, 3.8) is 0 Å². The van der Waals surface area contributed by atoms with Crippen LogP contribution < -0.4 is 0 Å². The molecule has 0 aliphatic carbocycles. The lowest BCUT2D eigenvalue weighted by Gasteiger charge is -2.11. The van der Waals surface area contributed by atoms with Crippen LogP contribution in [0.15, 0.2) is 0 Å². The quantitative estimate of drug-likeness (QED) is 0.611. The maximum atomic E-state index is 5.42. The Balaban J connectivity index is 2.61. The molecule has 0 saturated carbocycles. The Morgan fingerprint density at radius 1 is 1.28 bits per heavy atom. The lowest BCUT2D eigenvalue weighted by molar-refractivity contribution is 0.0716. The lowest BCUT2D eigenvalue weighted by Crippen LogP contribution is -2.09. The molecule has 102 valence electrons. The van der Waals surface area contributed by atoms with E-state index in [4.69, 9.17) is 21.7 Å². The summed E-state index contributed by atoms with van der Waals surface area (Å²) in [6.45, 7) is 8.15. The molecule has 0 saturated heterocycles. The zero-order valence-corrected chi connectivity index (χ0v) is 12.4. The molecule has 4 nitrogen and oxygen atoms in total. The van der Waals surface area contributed by atoms with Gasteiger partial charge in [0.25, 0.3) is 0 Å². The summed E-state index contributed by atoms with van der Waals surface area (Å²) < 4.78 is 11.0. The molecule has 0 amide bonds. The minimum atomic E-state index is 0.397. The van der Waals surface area contributed by atoms with Gasteiger partial charge in [0.1, 0.15) is 10.5 Å². The number of aromatic nitrogens is 2. The van der Waals surface area contributed by atoms with Crippen molar-refractivity contribution in [3.05, 3.63) is 21.7 Å². The number of H-pyrrole nitrogens is 1. The van der Waals surface area contributed by atoms with Gasteiger partial charge < -0.3 is 14.5 Å². The van der Waals surface area contributed by atoms with E-state index in [9.17, 15) is 0 Å². The Morgan fingerprint density at radius 2 is 2.00 bits per heavy atom. The number of nitrogens with zero attached hydrogens (tertiary/aromatic N) is 1. The van der Waals surface area contributed by atoms with Crippen molar-refractivity contribution in [2.45, 2.75) is 33.1 Å². The molecule has 1 heterocycles.